The fourth-order valence-corrected chi connectivity index (χ4v) is 3.60. The van der Waals surface area contributed by atoms with E-state index in [0.717, 1.165) is 13.2 Å². The summed E-state index contributed by atoms with van der Waals surface area (Å²) in [6.45, 7) is 11.0. The van der Waals surface area contributed by atoms with Gasteiger partial charge in [-0.25, -0.2) is 0 Å². The van der Waals surface area contributed by atoms with Crippen molar-refractivity contribution in [2.75, 3.05) is 26.2 Å². The predicted molar refractivity (Wildman–Crippen MR) is 80.6 cm³/mol. The summed E-state index contributed by atoms with van der Waals surface area (Å²) in [6.07, 6.45) is 8.57. The third kappa shape index (κ3) is 4.44. The van der Waals surface area contributed by atoms with Gasteiger partial charge < -0.3 is 10.1 Å². The molecule has 1 spiro atoms. The highest BCUT2D eigenvalue weighted by molar-refractivity contribution is 4.96. The van der Waals surface area contributed by atoms with Gasteiger partial charge in [0.2, 0.25) is 0 Å². The minimum atomic E-state index is 0.351. The molecule has 1 atom stereocenters. The van der Waals surface area contributed by atoms with Crippen LogP contribution in [0.15, 0.2) is 0 Å². The molecule has 3 heteroatoms. The van der Waals surface area contributed by atoms with Crippen molar-refractivity contribution in [2.24, 2.45) is 0 Å². The van der Waals surface area contributed by atoms with Gasteiger partial charge in [-0.2, -0.15) is 0 Å². The zero-order valence-corrected chi connectivity index (χ0v) is 13.1. The molecule has 112 valence electrons. The van der Waals surface area contributed by atoms with Crippen LogP contribution in [0.1, 0.15) is 59.3 Å². The topological polar surface area (TPSA) is 24.5 Å². The van der Waals surface area contributed by atoms with Crippen molar-refractivity contribution in [3.63, 3.8) is 0 Å². The molecule has 2 aliphatic rings. The molecule has 0 amide bonds. The lowest BCUT2D eigenvalue weighted by molar-refractivity contribution is 0.0423. The second-order valence-corrected chi connectivity index (χ2v) is 6.80. The summed E-state index contributed by atoms with van der Waals surface area (Å²) < 4.78 is 5.75. The Hall–Kier alpha value is -0.120. The second-order valence-electron chi connectivity index (χ2n) is 6.80. The molecule has 1 aliphatic carbocycles. The number of rotatable bonds is 4. The SMILES string of the molecule is CC(C)OCCN1CC2(CCCCC2)NCCC1C. The van der Waals surface area contributed by atoms with E-state index >= 15 is 0 Å². The maximum Gasteiger partial charge on any atom is 0.0597 e. The molecule has 1 unspecified atom stereocenters. The fraction of sp³-hybridized carbons (Fsp3) is 1.00. The molecule has 1 N–H and O–H groups in total. The molecule has 1 saturated heterocycles. The first kappa shape index (κ1) is 15.3. The highest BCUT2D eigenvalue weighted by Crippen LogP contribution is 2.31. The summed E-state index contributed by atoms with van der Waals surface area (Å²) >= 11 is 0. The van der Waals surface area contributed by atoms with Crippen molar-refractivity contribution < 1.29 is 4.74 Å². The van der Waals surface area contributed by atoms with Crippen LogP contribution in [-0.2, 0) is 4.74 Å². The predicted octanol–water partition coefficient (Wildman–Crippen LogP) is 2.80. The van der Waals surface area contributed by atoms with Gasteiger partial charge in [-0.3, -0.25) is 4.90 Å². The molecule has 1 saturated carbocycles. The number of hydrogen-bond acceptors (Lipinski definition) is 3. The van der Waals surface area contributed by atoms with Crippen molar-refractivity contribution >= 4 is 0 Å². The molecule has 0 aromatic heterocycles. The van der Waals surface area contributed by atoms with E-state index < -0.39 is 0 Å². The highest BCUT2D eigenvalue weighted by Gasteiger charge is 2.36. The Morgan fingerprint density at radius 1 is 1.26 bits per heavy atom. The van der Waals surface area contributed by atoms with E-state index in [0.29, 0.717) is 17.7 Å². The van der Waals surface area contributed by atoms with Crippen molar-refractivity contribution in [2.45, 2.75) is 77.0 Å². The van der Waals surface area contributed by atoms with Gasteiger partial charge in [0.05, 0.1) is 12.7 Å². The molecule has 3 nitrogen and oxygen atoms in total. The zero-order chi connectivity index (χ0) is 13.7. The highest BCUT2D eigenvalue weighted by atomic mass is 16.5. The third-order valence-corrected chi connectivity index (χ3v) is 4.83. The first-order chi connectivity index (χ1) is 9.11. The summed E-state index contributed by atoms with van der Waals surface area (Å²) in [5.74, 6) is 0. The normalized spacial score (nSPS) is 28.7. The lowest BCUT2D eigenvalue weighted by Crippen LogP contribution is -2.53. The Bertz CT molecular complexity index is 261. The molecular formula is C16H32N2O. The first-order valence-corrected chi connectivity index (χ1v) is 8.22. The number of nitrogens with one attached hydrogen (secondary N) is 1. The van der Waals surface area contributed by atoms with E-state index in [1.165, 1.54) is 51.6 Å². The van der Waals surface area contributed by atoms with Gasteiger partial charge in [0.15, 0.2) is 0 Å². The molecule has 1 aliphatic heterocycles. The lowest BCUT2D eigenvalue weighted by atomic mass is 9.81. The average molecular weight is 268 g/mol. The van der Waals surface area contributed by atoms with Gasteiger partial charge in [0.1, 0.15) is 0 Å². The maximum absolute atomic E-state index is 5.75. The lowest BCUT2D eigenvalue weighted by Gasteiger charge is -2.41. The van der Waals surface area contributed by atoms with E-state index in [2.05, 4.69) is 31.0 Å². The Labute approximate surface area is 119 Å². The molecule has 0 bridgehead atoms. The fourth-order valence-electron chi connectivity index (χ4n) is 3.60. The van der Waals surface area contributed by atoms with Crippen LogP contribution in [0, 0.1) is 0 Å². The standard InChI is InChI=1S/C16H32N2O/c1-14(2)19-12-11-18-13-16(8-5-4-6-9-16)17-10-7-15(18)3/h14-15,17H,4-13H2,1-3H3. The zero-order valence-electron chi connectivity index (χ0n) is 13.1. The van der Waals surface area contributed by atoms with E-state index in [-0.39, 0.29) is 0 Å². The Morgan fingerprint density at radius 2 is 2.00 bits per heavy atom. The van der Waals surface area contributed by atoms with Gasteiger partial charge in [-0.15, -0.1) is 0 Å². The second kappa shape index (κ2) is 7.05. The molecule has 1 heterocycles. The van der Waals surface area contributed by atoms with E-state index in [9.17, 15) is 0 Å². The van der Waals surface area contributed by atoms with Crippen LogP contribution in [0.2, 0.25) is 0 Å². The van der Waals surface area contributed by atoms with E-state index in [1.54, 1.807) is 0 Å². The number of ether oxygens (including phenoxy) is 1. The molecule has 0 aromatic carbocycles. The minimum Gasteiger partial charge on any atom is -0.377 e. The monoisotopic (exact) mass is 268 g/mol. The Balaban J connectivity index is 1.90. The summed E-state index contributed by atoms with van der Waals surface area (Å²) in [5.41, 5.74) is 0.404. The minimum absolute atomic E-state index is 0.351. The van der Waals surface area contributed by atoms with Gasteiger partial charge in [-0.1, -0.05) is 19.3 Å². The van der Waals surface area contributed by atoms with Gasteiger partial charge in [0.25, 0.3) is 0 Å². The Morgan fingerprint density at radius 3 is 2.68 bits per heavy atom. The summed E-state index contributed by atoms with van der Waals surface area (Å²) in [6, 6.07) is 0.685. The van der Waals surface area contributed by atoms with Crippen LogP contribution in [-0.4, -0.2) is 48.8 Å². The van der Waals surface area contributed by atoms with Crippen LogP contribution < -0.4 is 5.32 Å². The molecular weight excluding hydrogens is 236 g/mol. The first-order valence-electron chi connectivity index (χ1n) is 8.22. The third-order valence-electron chi connectivity index (χ3n) is 4.83. The van der Waals surface area contributed by atoms with Crippen molar-refractivity contribution in [3.05, 3.63) is 0 Å². The largest absolute Gasteiger partial charge is 0.377 e. The van der Waals surface area contributed by atoms with Crippen molar-refractivity contribution in [1.29, 1.82) is 0 Å². The Kier molecular flexibility index (Phi) is 5.67. The average Bonchev–Trinajstić information content (AvgIpc) is 2.51. The van der Waals surface area contributed by atoms with Crippen LogP contribution in [0.5, 0.6) is 0 Å². The van der Waals surface area contributed by atoms with E-state index in [4.69, 9.17) is 4.74 Å². The smallest absolute Gasteiger partial charge is 0.0597 e. The van der Waals surface area contributed by atoms with Crippen LogP contribution in [0.4, 0.5) is 0 Å². The van der Waals surface area contributed by atoms with Gasteiger partial charge >= 0.3 is 0 Å². The maximum atomic E-state index is 5.75. The molecule has 0 aromatic rings. The molecule has 19 heavy (non-hydrogen) atoms. The van der Waals surface area contributed by atoms with Crippen LogP contribution >= 0.6 is 0 Å². The van der Waals surface area contributed by atoms with Crippen molar-refractivity contribution in [1.82, 2.24) is 10.2 Å². The molecule has 0 radical (unpaired) electrons. The quantitative estimate of drug-likeness (QED) is 0.848. The van der Waals surface area contributed by atoms with Crippen LogP contribution in [0.3, 0.4) is 0 Å². The summed E-state index contributed by atoms with van der Waals surface area (Å²) in [4.78, 5) is 2.66. The summed E-state index contributed by atoms with van der Waals surface area (Å²) in [7, 11) is 0. The van der Waals surface area contributed by atoms with Gasteiger partial charge in [-0.05, 0) is 46.6 Å². The molecule has 2 rings (SSSR count). The summed E-state index contributed by atoms with van der Waals surface area (Å²) in [5, 5.41) is 3.87. The van der Waals surface area contributed by atoms with Gasteiger partial charge in [0, 0.05) is 24.7 Å². The van der Waals surface area contributed by atoms with Crippen LogP contribution in [0.25, 0.3) is 0 Å². The molecule has 2 fully saturated rings. The van der Waals surface area contributed by atoms with Crippen molar-refractivity contribution in [3.8, 4) is 0 Å². The number of hydrogen-bond donors (Lipinski definition) is 1. The number of nitrogens with zero attached hydrogens (tertiary/aromatic N) is 1. The van der Waals surface area contributed by atoms with E-state index in [1.807, 2.05) is 0 Å².